The van der Waals surface area contributed by atoms with Crippen LogP contribution in [0.4, 0.5) is 0 Å². The van der Waals surface area contributed by atoms with Crippen LogP contribution in [0.5, 0.6) is 0 Å². The van der Waals surface area contributed by atoms with Crippen LogP contribution in [0, 0.1) is 0 Å². The second kappa shape index (κ2) is 6.70. The smallest absolute Gasteiger partial charge is 0.0550 e. The van der Waals surface area contributed by atoms with Crippen LogP contribution in [0.15, 0.2) is 30.8 Å². The lowest BCUT2D eigenvalue weighted by Gasteiger charge is -2.11. The zero-order chi connectivity index (χ0) is 11.1. The lowest BCUT2D eigenvalue weighted by atomic mass is 10.1. The molecule has 0 spiro atoms. The Morgan fingerprint density at radius 3 is 2.93 bits per heavy atom. The molecule has 0 saturated carbocycles. The van der Waals surface area contributed by atoms with Crippen molar-refractivity contribution >= 4 is 17.8 Å². The van der Waals surface area contributed by atoms with Crippen molar-refractivity contribution in [3.63, 3.8) is 0 Å². The Labute approximate surface area is 96.2 Å². The average Bonchev–Trinajstić information content (AvgIpc) is 2.31. The van der Waals surface area contributed by atoms with Crippen LogP contribution in [-0.4, -0.2) is 17.0 Å². The quantitative estimate of drug-likeness (QED) is 0.796. The number of hydrogen-bond donors (Lipinski definition) is 1. The highest BCUT2D eigenvalue weighted by atomic mass is 32.2. The first-order valence-corrected chi connectivity index (χ1v) is 6.28. The van der Waals surface area contributed by atoms with Crippen molar-refractivity contribution in [3.05, 3.63) is 42.0 Å². The summed E-state index contributed by atoms with van der Waals surface area (Å²) < 4.78 is 0. The van der Waals surface area contributed by atoms with Crippen LogP contribution in [0.25, 0.3) is 6.08 Å². The van der Waals surface area contributed by atoms with E-state index < -0.39 is 0 Å². The molecule has 0 radical (unpaired) electrons. The highest BCUT2D eigenvalue weighted by Gasteiger charge is 2.04. The standard InChI is InChI=1S/C13H18OS/c1-3-11-6-5-7-12(8-11)10-15-13(4-2)9-14/h3,5-8,13-14H,1,4,9-10H2,2H3. The molecule has 82 valence electrons. The minimum atomic E-state index is 0.266. The first-order chi connectivity index (χ1) is 7.30. The number of hydrogen-bond acceptors (Lipinski definition) is 2. The van der Waals surface area contributed by atoms with Gasteiger partial charge in [0.25, 0.3) is 0 Å². The maximum absolute atomic E-state index is 9.07. The molecule has 15 heavy (non-hydrogen) atoms. The molecular weight excluding hydrogens is 204 g/mol. The van der Waals surface area contributed by atoms with Crippen LogP contribution in [-0.2, 0) is 5.75 Å². The molecule has 0 heterocycles. The Hall–Kier alpha value is -0.730. The molecular formula is C13H18OS. The molecule has 0 saturated heterocycles. The third-order valence-corrected chi connectivity index (χ3v) is 3.79. The normalized spacial score (nSPS) is 12.4. The van der Waals surface area contributed by atoms with Gasteiger partial charge in [-0.1, -0.05) is 43.8 Å². The molecule has 0 aromatic heterocycles. The molecule has 0 aliphatic rings. The van der Waals surface area contributed by atoms with E-state index in [1.807, 2.05) is 30.0 Å². The van der Waals surface area contributed by atoms with E-state index in [1.165, 1.54) is 5.56 Å². The third kappa shape index (κ3) is 4.10. The predicted octanol–water partition coefficient (Wildman–Crippen LogP) is 3.33. The first kappa shape index (κ1) is 12.3. The zero-order valence-electron chi connectivity index (χ0n) is 9.15. The second-order valence-electron chi connectivity index (χ2n) is 3.47. The van der Waals surface area contributed by atoms with Gasteiger partial charge in [-0.25, -0.2) is 0 Å². The summed E-state index contributed by atoms with van der Waals surface area (Å²) in [6.45, 7) is 6.12. The fraction of sp³-hybridized carbons (Fsp3) is 0.385. The van der Waals surface area contributed by atoms with E-state index in [9.17, 15) is 0 Å². The summed E-state index contributed by atoms with van der Waals surface area (Å²) in [6.07, 6.45) is 2.87. The van der Waals surface area contributed by atoms with E-state index in [0.29, 0.717) is 5.25 Å². The molecule has 0 aliphatic carbocycles. The molecule has 1 unspecified atom stereocenters. The van der Waals surface area contributed by atoms with Gasteiger partial charge in [-0.2, -0.15) is 11.8 Å². The van der Waals surface area contributed by atoms with E-state index >= 15 is 0 Å². The van der Waals surface area contributed by atoms with Crippen molar-refractivity contribution in [2.24, 2.45) is 0 Å². The summed E-state index contributed by atoms with van der Waals surface area (Å²) in [5, 5.41) is 9.43. The minimum absolute atomic E-state index is 0.266. The van der Waals surface area contributed by atoms with Gasteiger partial charge in [-0.3, -0.25) is 0 Å². The van der Waals surface area contributed by atoms with Gasteiger partial charge in [-0.15, -0.1) is 0 Å². The molecule has 0 fully saturated rings. The van der Waals surface area contributed by atoms with Crippen molar-refractivity contribution in [2.45, 2.75) is 24.3 Å². The second-order valence-corrected chi connectivity index (χ2v) is 4.76. The van der Waals surface area contributed by atoms with E-state index in [4.69, 9.17) is 5.11 Å². The first-order valence-electron chi connectivity index (χ1n) is 5.24. The van der Waals surface area contributed by atoms with Gasteiger partial charge in [0.15, 0.2) is 0 Å². The lowest BCUT2D eigenvalue weighted by molar-refractivity contribution is 0.292. The van der Waals surface area contributed by atoms with E-state index in [2.05, 4.69) is 25.6 Å². The highest BCUT2D eigenvalue weighted by molar-refractivity contribution is 7.99. The average molecular weight is 222 g/mol. The number of rotatable bonds is 6. The van der Waals surface area contributed by atoms with Crippen molar-refractivity contribution in [2.75, 3.05) is 6.61 Å². The molecule has 1 aromatic carbocycles. The maximum Gasteiger partial charge on any atom is 0.0550 e. The SMILES string of the molecule is C=Cc1cccc(CSC(CC)CO)c1. The Morgan fingerprint density at radius 1 is 1.53 bits per heavy atom. The Bertz CT molecular complexity index is 305. The van der Waals surface area contributed by atoms with Crippen molar-refractivity contribution in [1.29, 1.82) is 0 Å². The maximum atomic E-state index is 9.07. The van der Waals surface area contributed by atoms with Gasteiger partial charge < -0.3 is 5.11 Å². The molecule has 1 atom stereocenters. The van der Waals surface area contributed by atoms with E-state index in [1.54, 1.807) is 0 Å². The summed E-state index contributed by atoms with van der Waals surface area (Å²) >= 11 is 1.81. The van der Waals surface area contributed by atoms with Crippen LogP contribution in [0.2, 0.25) is 0 Å². The van der Waals surface area contributed by atoms with E-state index in [0.717, 1.165) is 17.7 Å². The zero-order valence-corrected chi connectivity index (χ0v) is 9.96. The molecule has 0 bridgehead atoms. The van der Waals surface area contributed by atoms with Gasteiger partial charge in [-0.05, 0) is 17.5 Å². The fourth-order valence-electron chi connectivity index (χ4n) is 1.32. The molecule has 1 aromatic rings. The number of aliphatic hydroxyl groups excluding tert-OH is 1. The van der Waals surface area contributed by atoms with Crippen LogP contribution >= 0.6 is 11.8 Å². The van der Waals surface area contributed by atoms with Gasteiger partial charge in [0.1, 0.15) is 0 Å². The fourth-order valence-corrected chi connectivity index (χ4v) is 2.27. The van der Waals surface area contributed by atoms with Crippen molar-refractivity contribution in [3.8, 4) is 0 Å². The molecule has 1 N–H and O–H groups in total. The van der Waals surface area contributed by atoms with Gasteiger partial charge in [0.05, 0.1) is 6.61 Å². The Kier molecular flexibility index (Phi) is 5.51. The number of benzene rings is 1. The molecule has 2 heteroatoms. The third-order valence-electron chi connectivity index (χ3n) is 2.33. The van der Waals surface area contributed by atoms with Crippen molar-refractivity contribution in [1.82, 2.24) is 0 Å². The molecule has 1 rings (SSSR count). The summed E-state index contributed by atoms with van der Waals surface area (Å²) in [6, 6.07) is 8.35. The largest absolute Gasteiger partial charge is 0.395 e. The summed E-state index contributed by atoms with van der Waals surface area (Å²) in [7, 11) is 0. The van der Waals surface area contributed by atoms with Crippen LogP contribution in [0.3, 0.4) is 0 Å². The van der Waals surface area contributed by atoms with Gasteiger partial charge >= 0.3 is 0 Å². The summed E-state index contributed by atoms with van der Waals surface area (Å²) in [5.41, 5.74) is 2.45. The summed E-state index contributed by atoms with van der Waals surface area (Å²) in [5.74, 6) is 0.959. The highest BCUT2D eigenvalue weighted by Crippen LogP contribution is 2.20. The molecule has 1 nitrogen and oxygen atoms in total. The number of aliphatic hydroxyl groups is 1. The van der Waals surface area contributed by atoms with Crippen LogP contribution < -0.4 is 0 Å². The minimum Gasteiger partial charge on any atom is -0.395 e. The van der Waals surface area contributed by atoms with Gasteiger partial charge in [0, 0.05) is 11.0 Å². The van der Waals surface area contributed by atoms with Crippen LogP contribution in [0.1, 0.15) is 24.5 Å². The summed E-state index contributed by atoms with van der Waals surface area (Å²) in [4.78, 5) is 0. The molecule has 0 amide bonds. The van der Waals surface area contributed by atoms with Crippen molar-refractivity contribution < 1.29 is 5.11 Å². The van der Waals surface area contributed by atoms with E-state index in [-0.39, 0.29) is 6.61 Å². The number of thioether (sulfide) groups is 1. The Morgan fingerprint density at radius 2 is 2.33 bits per heavy atom. The monoisotopic (exact) mass is 222 g/mol. The topological polar surface area (TPSA) is 20.2 Å². The van der Waals surface area contributed by atoms with Gasteiger partial charge in [0.2, 0.25) is 0 Å². The lowest BCUT2D eigenvalue weighted by Crippen LogP contribution is -2.06. The molecule has 0 aliphatic heterocycles. The predicted molar refractivity (Wildman–Crippen MR) is 69.0 cm³/mol. The Balaban J connectivity index is 2.53.